The number of halogens is 1. The Balaban J connectivity index is 1.36. The first-order chi connectivity index (χ1) is 16.6. The van der Waals surface area contributed by atoms with Crippen molar-refractivity contribution in [3.8, 4) is 0 Å². The third-order valence-electron chi connectivity index (χ3n) is 5.83. The number of carbonyl (C=O) groups is 2. The average Bonchev–Trinajstić information content (AvgIpc) is 3.18. The zero-order valence-electron chi connectivity index (χ0n) is 18.4. The molecule has 170 valence electrons. The standard InChI is InChI=1S/C27H22FN3O2S/c28-22-10-12-23(13-11-22)31-26(33)24(16-19-6-2-1-3-7-19)29-27(31)34-18-25(32)30-15-14-20-8-4-5-9-21(20)17-30/h1-13,16H,14-15,17-18H2/b24-16+. The monoisotopic (exact) mass is 471 g/mol. The van der Waals surface area contributed by atoms with E-state index < -0.39 is 0 Å². The number of aliphatic imine (C=N–C) groups is 1. The van der Waals surface area contributed by atoms with Crippen molar-refractivity contribution in [3.05, 3.63) is 107 Å². The van der Waals surface area contributed by atoms with Crippen LogP contribution < -0.4 is 4.90 Å². The van der Waals surface area contributed by atoms with Crippen LogP contribution in [0.4, 0.5) is 10.1 Å². The minimum Gasteiger partial charge on any atom is -0.337 e. The van der Waals surface area contributed by atoms with E-state index in [-0.39, 0.29) is 29.1 Å². The van der Waals surface area contributed by atoms with Crippen LogP contribution in [0, 0.1) is 5.82 Å². The molecule has 2 amide bonds. The van der Waals surface area contributed by atoms with Gasteiger partial charge in [-0.2, -0.15) is 0 Å². The van der Waals surface area contributed by atoms with Crippen LogP contribution in [-0.2, 0) is 22.6 Å². The molecule has 0 unspecified atom stereocenters. The number of amidine groups is 1. The molecule has 7 heteroatoms. The van der Waals surface area contributed by atoms with Gasteiger partial charge >= 0.3 is 0 Å². The third-order valence-corrected chi connectivity index (χ3v) is 6.75. The van der Waals surface area contributed by atoms with E-state index in [0.717, 1.165) is 12.0 Å². The second kappa shape index (κ2) is 9.65. The maximum atomic E-state index is 13.5. The number of hydrogen-bond acceptors (Lipinski definition) is 4. The van der Waals surface area contributed by atoms with E-state index in [1.165, 1.54) is 52.1 Å². The lowest BCUT2D eigenvalue weighted by Gasteiger charge is -2.29. The molecule has 5 rings (SSSR count). The Morgan fingerprint density at radius 3 is 2.44 bits per heavy atom. The van der Waals surface area contributed by atoms with Gasteiger partial charge in [-0.25, -0.2) is 9.38 Å². The van der Waals surface area contributed by atoms with Gasteiger partial charge in [0, 0.05) is 13.1 Å². The minimum absolute atomic E-state index is 0.00537. The Bertz CT molecular complexity index is 1290. The summed E-state index contributed by atoms with van der Waals surface area (Å²) in [7, 11) is 0. The van der Waals surface area contributed by atoms with Crippen molar-refractivity contribution >= 4 is 40.5 Å². The smallest absolute Gasteiger partial charge is 0.283 e. The van der Waals surface area contributed by atoms with Gasteiger partial charge in [0.1, 0.15) is 11.5 Å². The predicted octanol–water partition coefficient (Wildman–Crippen LogP) is 4.89. The number of carbonyl (C=O) groups excluding carboxylic acids is 2. The van der Waals surface area contributed by atoms with Crippen LogP contribution in [0.5, 0.6) is 0 Å². The van der Waals surface area contributed by atoms with Crippen molar-refractivity contribution in [2.45, 2.75) is 13.0 Å². The van der Waals surface area contributed by atoms with Gasteiger partial charge in [0.05, 0.1) is 11.4 Å². The molecule has 0 bridgehead atoms. The molecule has 0 radical (unpaired) electrons. The number of anilines is 1. The highest BCUT2D eigenvalue weighted by atomic mass is 32.2. The van der Waals surface area contributed by atoms with Crippen LogP contribution in [0.3, 0.4) is 0 Å². The Labute approximate surface area is 201 Å². The molecule has 0 atom stereocenters. The van der Waals surface area contributed by atoms with E-state index in [2.05, 4.69) is 17.1 Å². The quantitative estimate of drug-likeness (QED) is 0.510. The lowest BCUT2D eigenvalue weighted by Crippen LogP contribution is -2.38. The normalized spacial score (nSPS) is 16.6. The average molecular weight is 472 g/mol. The van der Waals surface area contributed by atoms with Gasteiger partial charge in [0.15, 0.2) is 5.17 Å². The van der Waals surface area contributed by atoms with Crippen LogP contribution in [-0.4, -0.2) is 34.2 Å². The van der Waals surface area contributed by atoms with Crippen molar-refractivity contribution < 1.29 is 14.0 Å². The molecule has 3 aromatic carbocycles. The summed E-state index contributed by atoms with van der Waals surface area (Å²) in [6, 6.07) is 23.3. The van der Waals surface area contributed by atoms with Gasteiger partial charge in [-0.3, -0.25) is 14.5 Å². The lowest BCUT2D eigenvalue weighted by atomic mass is 10.00. The summed E-state index contributed by atoms with van der Waals surface area (Å²) in [6.07, 6.45) is 2.55. The SMILES string of the molecule is O=C(CSC1=N/C(=C/c2ccccc2)C(=O)N1c1ccc(F)cc1)N1CCc2ccccc2C1. The van der Waals surface area contributed by atoms with Crippen molar-refractivity contribution in [2.75, 3.05) is 17.2 Å². The fourth-order valence-corrected chi connectivity index (χ4v) is 4.96. The molecule has 0 spiro atoms. The second-order valence-corrected chi connectivity index (χ2v) is 9.02. The van der Waals surface area contributed by atoms with E-state index in [1.807, 2.05) is 47.4 Å². The molecular formula is C27H22FN3O2S. The number of benzene rings is 3. The van der Waals surface area contributed by atoms with Gasteiger partial charge in [-0.05, 0) is 53.5 Å². The third kappa shape index (κ3) is 4.65. The van der Waals surface area contributed by atoms with E-state index in [9.17, 15) is 14.0 Å². The number of nitrogens with zero attached hydrogens (tertiary/aromatic N) is 3. The van der Waals surface area contributed by atoms with Crippen molar-refractivity contribution in [2.24, 2.45) is 4.99 Å². The number of fused-ring (bicyclic) bond motifs is 1. The molecule has 0 aromatic heterocycles. The van der Waals surface area contributed by atoms with Gasteiger partial charge < -0.3 is 4.90 Å². The highest BCUT2D eigenvalue weighted by molar-refractivity contribution is 8.14. The van der Waals surface area contributed by atoms with Crippen LogP contribution in [0.15, 0.2) is 89.6 Å². The fourth-order valence-electron chi connectivity index (χ4n) is 4.04. The molecule has 2 aliphatic rings. The summed E-state index contributed by atoms with van der Waals surface area (Å²) in [5.41, 5.74) is 4.08. The molecule has 0 aliphatic carbocycles. The first-order valence-electron chi connectivity index (χ1n) is 11.0. The number of hydrogen-bond donors (Lipinski definition) is 0. The minimum atomic E-state index is -0.387. The Morgan fingerprint density at radius 2 is 1.68 bits per heavy atom. The highest BCUT2D eigenvalue weighted by Gasteiger charge is 2.33. The Hall–Kier alpha value is -3.71. The first kappa shape index (κ1) is 22.1. The van der Waals surface area contributed by atoms with Crippen molar-refractivity contribution in [3.63, 3.8) is 0 Å². The first-order valence-corrected chi connectivity index (χ1v) is 12.0. The maximum Gasteiger partial charge on any atom is 0.283 e. The Kier molecular flexibility index (Phi) is 6.27. The topological polar surface area (TPSA) is 53.0 Å². The summed E-state index contributed by atoms with van der Waals surface area (Å²) < 4.78 is 13.5. The lowest BCUT2D eigenvalue weighted by molar-refractivity contribution is -0.129. The molecule has 34 heavy (non-hydrogen) atoms. The summed E-state index contributed by atoms with van der Waals surface area (Å²) in [5.74, 6) is -0.543. The van der Waals surface area contributed by atoms with E-state index in [4.69, 9.17) is 0 Å². The maximum absolute atomic E-state index is 13.5. The molecular weight excluding hydrogens is 449 g/mol. The van der Waals surface area contributed by atoms with Crippen LogP contribution in [0.25, 0.3) is 6.08 Å². The molecule has 5 nitrogen and oxygen atoms in total. The van der Waals surface area contributed by atoms with Crippen LogP contribution in [0.1, 0.15) is 16.7 Å². The zero-order chi connectivity index (χ0) is 23.5. The number of amides is 2. The molecule has 0 fully saturated rings. The molecule has 3 aromatic rings. The number of thioether (sulfide) groups is 1. The van der Waals surface area contributed by atoms with Crippen molar-refractivity contribution in [1.82, 2.24) is 4.90 Å². The van der Waals surface area contributed by atoms with E-state index in [0.29, 0.717) is 23.9 Å². The molecule has 0 saturated carbocycles. The van der Waals surface area contributed by atoms with Crippen LogP contribution >= 0.6 is 11.8 Å². The Morgan fingerprint density at radius 1 is 0.971 bits per heavy atom. The number of rotatable bonds is 4. The van der Waals surface area contributed by atoms with Gasteiger partial charge in [-0.1, -0.05) is 66.4 Å². The van der Waals surface area contributed by atoms with Crippen LogP contribution in [0.2, 0.25) is 0 Å². The van der Waals surface area contributed by atoms with E-state index >= 15 is 0 Å². The summed E-state index contributed by atoms with van der Waals surface area (Å²) in [5, 5.41) is 0.407. The van der Waals surface area contributed by atoms with Gasteiger partial charge in [-0.15, -0.1) is 0 Å². The molecule has 2 heterocycles. The van der Waals surface area contributed by atoms with E-state index in [1.54, 1.807) is 6.08 Å². The summed E-state index contributed by atoms with van der Waals surface area (Å²) >= 11 is 1.22. The van der Waals surface area contributed by atoms with Crippen molar-refractivity contribution in [1.29, 1.82) is 0 Å². The second-order valence-electron chi connectivity index (χ2n) is 8.07. The predicted molar refractivity (Wildman–Crippen MR) is 134 cm³/mol. The largest absolute Gasteiger partial charge is 0.337 e. The molecule has 2 aliphatic heterocycles. The van der Waals surface area contributed by atoms with Gasteiger partial charge in [0.2, 0.25) is 5.91 Å². The summed E-state index contributed by atoms with van der Waals surface area (Å²) in [4.78, 5) is 34.1. The fraction of sp³-hybridized carbons (Fsp3) is 0.148. The molecule has 0 saturated heterocycles. The molecule has 0 N–H and O–H groups in total. The van der Waals surface area contributed by atoms with Gasteiger partial charge in [0.25, 0.3) is 5.91 Å². The zero-order valence-corrected chi connectivity index (χ0v) is 19.2. The highest BCUT2D eigenvalue weighted by Crippen LogP contribution is 2.30. The summed E-state index contributed by atoms with van der Waals surface area (Å²) in [6.45, 7) is 1.25.